The van der Waals surface area contributed by atoms with Crippen molar-refractivity contribution in [2.75, 3.05) is 5.75 Å². The van der Waals surface area contributed by atoms with Crippen LogP contribution in [0.2, 0.25) is 5.02 Å². The fourth-order valence-corrected chi connectivity index (χ4v) is 5.59. The summed E-state index contributed by atoms with van der Waals surface area (Å²) in [6.07, 6.45) is 7.10. The molecular formula is C18H23ClN2OS. The monoisotopic (exact) mass is 350 g/mol. The molecule has 2 heterocycles. The predicted octanol–water partition coefficient (Wildman–Crippen LogP) is 3.91. The largest absolute Gasteiger partial charge is 0.348 e. The molecular weight excluding hydrogens is 328 g/mol. The molecule has 0 bridgehead atoms. The van der Waals surface area contributed by atoms with E-state index in [1.807, 2.05) is 23.9 Å². The van der Waals surface area contributed by atoms with Gasteiger partial charge in [0.25, 0.3) is 0 Å². The molecule has 5 heteroatoms. The van der Waals surface area contributed by atoms with E-state index in [0.717, 1.165) is 23.6 Å². The van der Waals surface area contributed by atoms with E-state index in [2.05, 4.69) is 16.7 Å². The average molecular weight is 351 g/mol. The zero-order valence-corrected chi connectivity index (χ0v) is 14.8. The highest BCUT2D eigenvalue weighted by atomic mass is 35.5. The first-order chi connectivity index (χ1) is 11.2. The molecule has 0 spiro atoms. The van der Waals surface area contributed by atoms with Crippen molar-refractivity contribution in [3.05, 3.63) is 28.8 Å². The minimum Gasteiger partial charge on any atom is -0.348 e. The van der Waals surface area contributed by atoms with Gasteiger partial charge < -0.3 is 10.6 Å². The minimum atomic E-state index is -0.0136. The Balaban J connectivity index is 1.45. The number of thioether (sulfide) groups is 1. The van der Waals surface area contributed by atoms with E-state index in [1.165, 1.54) is 36.1 Å². The first kappa shape index (κ1) is 15.8. The number of rotatable bonds is 2. The number of halogens is 1. The fraction of sp³-hybridized carbons (Fsp3) is 0.611. The van der Waals surface area contributed by atoms with Crippen molar-refractivity contribution >= 4 is 29.3 Å². The summed E-state index contributed by atoms with van der Waals surface area (Å²) in [4.78, 5) is 14.0. The maximum Gasteiger partial charge on any atom is 0.237 e. The summed E-state index contributed by atoms with van der Waals surface area (Å²) in [7, 11) is 0. The number of fused-ring (bicyclic) bond motifs is 2. The molecule has 3 nitrogen and oxygen atoms in total. The van der Waals surface area contributed by atoms with Crippen molar-refractivity contribution < 1.29 is 4.79 Å². The number of amides is 1. The molecule has 1 saturated carbocycles. The molecule has 0 aromatic heterocycles. The third-order valence-electron chi connectivity index (χ3n) is 5.51. The van der Waals surface area contributed by atoms with Crippen LogP contribution in [0.5, 0.6) is 0 Å². The van der Waals surface area contributed by atoms with Crippen molar-refractivity contribution in [1.82, 2.24) is 10.6 Å². The Morgan fingerprint density at radius 1 is 1.26 bits per heavy atom. The van der Waals surface area contributed by atoms with Gasteiger partial charge in [0, 0.05) is 21.7 Å². The van der Waals surface area contributed by atoms with Crippen LogP contribution >= 0.6 is 23.4 Å². The molecule has 23 heavy (non-hydrogen) atoms. The number of carbonyl (C=O) groups is 1. The quantitative estimate of drug-likeness (QED) is 0.849. The molecule has 4 rings (SSSR count). The molecule has 4 unspecified atom stereocenters. The lowest BCUT2D eigenvalue weighted by Gasteiger charge is -2.27. The maximum atomic E-state index is 12.7. The van der Waals surface area contributed by atoms with Gasteiger partial charge in [-0.05, 0) is 55.4 Å². The Morgan fingerprint density at radius 3 is 3.00 bits per heavy atom. The van der Waals surface area contributed by atoms with Crippen LogP contribution in [0.3, 0.4) is 0 Å². The van der Waals surface area contributed by atoms with Gasteiger partial charge in [-0.2, -0.15) is 0 Å². The van der Waals surface area contributed by atoms with E-state index in [4.69, 9.17) is 11.6 Å². The zero-order valence-electron chi connectivity index (χ0n) is 13.2. The van der Waals surface area contributed by atoms with Crippen LogP contribution in [0.25, 0.3) is 0 Å². The van der Waals surface area contributed by atoms with Gasteiger partial charge in [-0.15, -0.1) is 11.8 Å². The van der Waals surface area contributed by atoms with Crippen molar-refractivity contribution in [2.24, 2.45) is 5.92 Å². The Bertz CT molecular complexity index is 595. The highest BCUT2D eigenvalue weighted by molar-refractivity contribution is 7.99. The summed E-state index contributed by atoms with van der Waals surface area (Å²) in [5.41, 5.74) is 1.18. The van der Waals surface area contributed by atoms with Gasteiger partial charge in [0.1, 0.15) is 0 Å². The molecule has 4 atom stereocenters. The van der Waals surface area contributed by atoms with Gasteiger partial charge in [-0.3, -0.25) is 4.79 Å². The standard InChI is InChI=1S/C18H23ClN2OS/c19-12-5-6-17-13(10-12)15(7-8-23-17)21-18(22)16-9-11-3-1-2-4-14(11)20-16/h5-6,10-11,14-16,20H,1-4,7-9H2,(H,21,22). The summed E-state index contributed by atoms with van der Waals surface area (Å²) in [5.74, 6) is 1.91. The molecule has 1 aliphatic carbocycles. The van der Waals surface area contributed by atoms with Gasteiger partial charge >= 0.3 is 0 Å². The second kappa shape index (κ2) is 6.66. The molecule has 0 radical (unpaired) electrons. The van der Waals surface area contributed by atoms with Gasteiger partial charge in [0.15, 0.2) is 0 Å². The Labute approximate surface area is 146 Å². The first-order valence-corrected chi connectivity index (χ1v) is 10.1. The second-order valence-corrected chi connectivity index (χ2v) is 8.56. The van der Waals surface area contributed by atoms with Crippen LogP contribution in [0.1, 0.15) is 50.1 Å². The maximum absolute atomic E-state index is 12.7. The normalized spacial score (nSPS) is 32.9. The smallest absolute Gasteiger partial charge is 0.237 e. The van der Waals surface area contributed by atoms with E-state index in [0.29, 0.717) is 12.0 Å². The van der Waals surface area contributed by atoms with Crippen LogP contribution in [0.15, 0.2) is 23.1 Å². The minimum absolute atomic E-state index is 0.0136. The van der Waals surface area contributed by atoms with Gasteiger partial charge in [0.05, 0.1) is 12.1 Å². The third kappa shape index (κ3) is 3.26. The van der Waals surface area contributed by atoms with Gasteiger partial charge in [-0.1, -0.05) is 24.4 Å². The number of hydrogen-bond acceptors (Lipinski definition) is 3. The first-order valence-electron chi connectivity index (χ1n) is 8.69. The lowest BCUT2D eigenvalue weighted by atomic mass is 9.85. The third-order valence-corrected chi connectivity index (χ3v) is 6.86. The van der Waals surface area contributed by atoms with Gasteiger partial charge in [-0.25, -0.2) is 0 Å². The highest BCUT2D eigenvalue weighted by Gasteiger charge is 2.39. The van der Waals surface area contributed by atoms with Crippen molar-refractivity contribution in [3.63, 3.8) is 0 Å². The molecule has 3 aliphatic rings. The Morgan fingerprint density at radius 2 is 2.13 bits per heavy atom. The Kier molecular flexibility index (Phi) is 4.57. The van der Waals surface area contributed by atoms with Crippen molar-refractivity contribution in [1.29, 1.82) is 0 Å². The Hall–Kier alpha value is -0.710. The SMILES string of the molecule is O=C(NC1CCSc2ccc(Cl)cc21)C1CC2CCCCC2N1. The number of benzene rings is 1. The second-order valence-electron chi connectivity index (χ2n) is 6.99. The molecule has 1 aromatic carbocycles. The van der Waals surface area contributed by atoms with Crippen molar-refractivity contribution in [3.8, 4) is 0 Å². The fourth-order valence-electron chi connectivity index (χ4n) is 4.31. The van der Waals surface area contributed by atoms with Crippen molar-refractivity contribution in [2.45, 2.75) is 61.5 Å². The van der Waals surface area contributed by atoms with Crippen LogP contribution in [0.4, 0.5) is 0 Å². The lowest BCUT2D eigenvalue weighted by Crippen LogP contribution is -2.44. The van der Waals surface area contributed by atoms with Crippen LogP contribution < -0.4 is 10.6 Å². The van der Waals surface area contributed by atoms with E-state index >= 15 is 0 Å². The molecule has 2 aliphatic heterocycles. The van der Waals surface area contributed by atoms with E-state index in [-0.39, 0.29) is 18.0 Å². The highest BCUT2D eigenvalue weighted by Crippen LogP contribution is 2.38. The zero-order chi connectivity index (χ0) is 15.8. The van der Waals surface area contributed by atoms with Gasteiger partial charge in [0.2, 0.25) is 5.91 Å². The summed E-state index contributed by atoms with van der Waals surface area (Å²) in [6.45, 7) is 0. The molecule has 2 N–H and O–H groups in total. The summed E-state index contributed by atoms with van der Waals surface area (Å²) in [6, 6.07) is 6.66. The summed E-state index contributed by atoms with van der Waals surface area (Å²) < 4.78 is 0. The number of nitrogens with one attached hydrogen (secondary N) is 2. The summed E-state index contributed by atoms with van der Waals surface area (Å²) in [5, 5.41) is 7.60. The van der Waals surface area contributed by atoms with Crippen LogP contribution in [-0.2, 0) is 4.79 Å². The molecule has 1 amide bonds. The predicted molar refractivity (Wildman–Crippen MR) is 95.0 cm³/mol. The number of carbonyl (C=O) groups excluding carboxylic acids is 1. The molecule has 124 valence electrons. The topological polar surface area (TPSA) is 41.1 Å². The summed E-state index contributed by atoms with van der Waals surface area (Å²) >= 11 is 8.01. The molecule has 1 aromatic rings. The van der Waals surface area contributed by atoms with Crippen LogP contribution in [-0.4, -0.2) is 23.7 Å². The molecule has 1 saturated heterocycles. The average Bonchev–Trinajstić information content (AvgIpc) is 2.99. The van der Waals surface area contributed by atoms with E-state index < -0.39 is 0 Å². The number of hydrogen-bond donors (Lipinski definition) is 2. The lowest BCUT2D eigenvalue weighted by molar-refractivity contribution is -0.123. The van der Waals surface area contributed by atoms with E-state index in [9.17, 15) is 4.79 Å². The molecule has 2 fully saturated rings. The van der Waals surface area contributed by atoms with Crippen LogP contribution in [0, 0.1) is 5.92 Å². The van der Waals surface area contributed by atoms with E-state index in [1.54, 1.807) is 0 Å².